The molecule has 0 bridgehead atoms. The number of aromatic nitrogens is 1. The molecule has 1 atom stereocenters. The molecule has 4 nitrogen and oxygen atoms in total. The number of nitrogens with zero attached hydrogens (tertiary/aromatic N) is 1. The third-order valence-electron chi connectivity index (χ3n) is 3.21. The Hall–Kier alpha value is -1.69. The van der Waals surface area contributed by atoms with Gasteiger partial charge in [0.1, 0.15) is 5.82 Å². The van der Waals surface area contributed by atoms with Crippen LogP contribution in [0.4, 0.5) is 4.39 Å². The summed E-state index contributed by atoms with van der Waals surface area (Å²) in [6.45, 7) is 0. The van der Waals surface area contributed by atoms with Crippen molar-refractivity contribution in [3.05, 3.63) is 58.5 Å². The summed E-state index contributed by atoms with van der Waals surface area (Å²) in [6.07, 6.45) is 3.03. The van der Waals surface area contributed by atoms with Crippen LogP contribution in [0.2, 0.25) is 5.02 Å². The fourth-order valence-electron chi connectivity index (χ4n) is 2.08. The van der Waals surface area contributed by atoms with Crippen LogP contribution in [0.1, 0.15) is 11.1 Å². The van der Waals surface area contributed by atoms with Gasteiger partial charge in [-0.05, 0) is 36.1 Å². The number of pyridine rings is 1. The van der Waals surface area contributed by atoms with Gasteiger partial charge in [0, 0.05) is 23.3 Å². The van der Waals surface area contributed by atoms with E-state index in [0.717, 1.165) is 11.1 Å². The minimum absolute atomic E-state index is 0.0249. The van der Waals surface area contributed by atoms with Crippen molar-refractivity contribution < 1.29 is 9.13 Å². The number of benzene rings is 1. The highest BCUT2D eigenvalue weighted by Crippen LogP contribution is 2.20. The lowest BCUT2D eigenvalue weighted by Crippen LogP contribution is -2.38. The molecule has 0 aliphatic carbocycles. The van der Waals surface area contributed by atoms with E-state index in [4.69, 9.17) is 22.2 Å². The Labute approximate surface area is 128 Å². The number of ether oxygens (including phenoxy) is 1. The maximum Gasteiger partial charge on any atom is 0.212 e. The quantitative estimate of drug-likeness (QED) is 0.636. The Morgan fingerprint density at radius 2 is 2.14 bits per heavy atom. The fraction of sp³-hybridized carbons (Fsp3) is 0.267. The van der Waals surface area contributed by atoms with E-state index in [0.29, 0.717) is 23.7 Å². The number of nitrogens with one attached hydrogen (secondary N) is 1. The number of halogens is 2. The monoisotopic (exact) mass is 309 g/mol. The highest BCUT2D eigenvalue weighted by Gasteiger charge is 2.12. The van der Waals surface area contributed by atoms with Crippen LogP contribution in [0.3, 0.4) is 0 Å². The van der Waals surface area contributed by atoms with Crippen molar-refractivity contribution >= 4 is 11.6 Å². The molecule has 0 aliphatic rings. The number of methoxy groups -OCH3 is 1. The van der Waals surface area contributed by atoms with E-state index in [1.807, 2.05) is 6.07 Å². The molecule has 1 aromatic carbocycles. The van der Waals surface area contributed by atoms with Crippen LogP contribution in [-0.4, -0.2) is 18.1 Å². The van der Waals surface area contributed by atoms with Crippen LogP contribution in [0.5, 0.6) is 5.88 Å². The van der Waals surface area contributed by atoms with E-state index in [2.05, 4.69) is 10.4 Å². The highest BCUT2D eigenvalue weighted by atomic mass is 35.5. The van der Waals surface area contributed by atoms with Gasteiger partial charge < -0.3 is 4.74 Å². The maximum atomic E-state index is 13.0. The SMILES string of the molecule is COc1ccc(CC(Cc2ccc(F)cc2Cl)NN)cn1. The first-order valence-corrected chi connectivity index (χ1v) is 6.89. The average Bonchev–Trinajstić information content (AvgIpc) is 2.49. The average molecular weight is 310 g/mol. The molecule has 2 rings (SSSR count). The number of hydrogen-bond acceptors (Lipinski definition) is 4. The summed E-state index contributed by atoms with van der Waals surface area (Å²) >= 11 is 6.04. The molecule has 0 saturated heterocycles. The van der Waals surface area contributed by atoms with Gasteiger partial charge in [0.25, 0.3) is 0 Å². The van der Waals surface area contributed by atoms with Gasteiger partial charge in [-0.1, -0.05) is 23.7 Å². The molecule has 1 aromatic heterocycles. The third-order valence-corrected chi connectivity index (χ3v) is 3.56. The number of hydrogen-bond donors (Lipinski definition) is 2. The molecule has 3 N–H and O–H groups in total. The van der Waals surface area contributed by atoms with Crippen LogP contribution in [0, 0.1) is 5.82 Å². The largest absolute Gasteiger partial charge is 0.481 e. The molecule has 1 unspecified atom stereocenters. The lowest BCUT2D eigenvalue weighted by atomic mass is 10.0. The van der Waals surface area contributed by atoms with Crippen LogP contribution < -0.4 is 16.0 Å². The van der Waals surface area contributed by atoms with Gasteiger partial charge in [0.15, 0.2) is 0 Å². The standard InChI is InChI=1S/C15H17ClFN3O/c1-21-15-5-2-10(9-19-15)6-13(20-18)7-11-3-4-12(17)8-14(11)16/h2-5,8-9,13,20H,6-7,18H2,1H3. The number of rotatable bonds is 6. The summed E-state index contributed by atoms with van der Waals surface area (Å²) in [4.78, 5) is 4.15. The summed E-state index contributed by atoms with van der Waals surface area (Å²) < 4.78 is 18.1. The summed E-state index contributed by atoms with van der Waals surface area (Å²) in [7, 11) is 1.57. The van der Waals surface area contributed by atoms with E-state index < -0.39 is 0 Å². The Morgan fingerprint density at radius 3 is 2.71 bits per heavy atom. The first-order chi connectivity index (χ1) is 10.1. The molecule has 2 aromatic rings. The van der Waals surface area contributed by atoms with Crippen LogP contribution in [0.25, 0.3) is 0 Å². The minimum Gasteiger partial charge on any atom is -0.481 e. The zero-order valence-corrected chi connectivity index (χ0v) is 12.4. The highest BCUT2D eigenvalue weighted by molar-refractivity contribution is 6.31. The van der Waals surface area contributed by atoms with E-state index in [9.17, 15) is 4.39 Å². The molecular weight excluding hydrogens is 293 g/mol. The van der Waals surface area contributed by atoms with E-state index >= 15 is 0 Å². The maximum absolute atomic E-state index is 13.0. The normalized spacial score (nSPS) is 12.2. The summed E-state index contributed by atoms with van der Waals surface area (Å²) in [6, 6.07) is 8.08. The second-order valence-electron chi connectivity index (χ2n) is 4.72. The van der Waals surface area contributed by atoms with Crippen molar-refractivity contribution in [1.29, 1.82) is 0 Å². The molecule has 21 heavy (non-hydrogen) atoms. The van der Waals surface area contributed by atoms with Crippen molar-refractivity contribution in [3.63, 3.8) is 0 Å². The van der Waals surface area contributed by atoms with E-state index in [-0.39, 0.29) is 11.9 Å². The van der Waals surface area contributed by atoms with Crippen molar-refractivity contribution in [2.24, 2.45) is 5.84 Å². The summed E-state index contributed by atoms with van der Waals surface area (Å²) in [5, 5.41) is 0.406. The molecule has 0 radical (unpaired) electrons. The molecule has 0 saturated carbocycles. The second kappa shape index (κ2) is 7.36. The molecule has 6 heteroatoms. The fourth-order valence-corrected chi connectivity index (χ4v) is 2.32. The lowest BCUT2D eigenvalue weighted by molar-refractivity contribution is 0.397. The van der Waals surface area contributed by atoms with Gasteiger partial charge in [0.2, 0.25) is 5.88 Å². The molecule has 0 amide bonds. The molecule has 112 valence electrons. The van der Waals surface area contributed by atoms with Crippen molar-refractivity contribution in [3.8, 4) is 5.88 Å². The molecule has 1 heterocycles. The van der Waals surface area contributed by atoms with Crippen LogP contribution >= 0.6 is 11.6 Å². The van der Waals surface area contributed by atoms with Crippen molar-refractivity contribution in [1.82, 2.24) is 10.4 Å². The van der Waals surface area contributed by atoms with E-state index in [1.165, 1.54) is 12.1 Å². The second-order valence-corrected chi connectivity index (χ2v) is 5.12. The topological polar surface area (TPSA) is 60.2 Å². The van der Waals surface area contributed by atoms with Crippen LogP contribution in [-0.2, 0) is 12.8 Å². The number of nitrogens with two attached hydrogens (primary N) is 1. The molecule has 0 spiro atoms. The molecular formula is C15H17ClFN3O. The number of hydrazine groups is 1. The van der Waals surface area contributed by atoms with E-state index in [1.54, 1.807) is 25.4 Å². The van der Waals surface area contributed by atoms with Gasteiger partial charge in [-0.25, -0.2) is 9.37 Å². The van der Waals surface area contributed by atoms with Gasteiger partial charge in [-0.3, -0.25) is 11.3 Å². The third kappa shape index (κ3) is 4.39. The molecule has 0 fully saturated rings. The Morgan fingerprint density at radius 1 is 1.33 bits per heavy atom. The van der Waals surface area contributed by atoms with Crippen molar-refractivity contribution in [2.45, 2.75) is 18.9 Å². The first kappa shape index (κ1) is 15.7. The Kier molecular flexibility index (Phi) is 5.50. The van der Waals surface area contributed by atoms with Crippen LogP contribution in [0.15, 0.2) is 36.5 Å². The van der Waals surface area contributed by atoms with Crippen molar-refractivity contribution in [2.75, 3.05) is 7.11 Å². The van der Waals surface area contributed by atoms with Gasteiger partial charge in [0.05, 0.1) is 7.11 Å². The predicted molar refractivity (Wildman–Crippen MR) is 80.7 cm³/mol. The molecule has 0 aliphatic heterocycles. The van der Waals surface area contributed by atoms with Gasteiger partial charge in [-0.2, -0.15) is 0 Å². The Balaban J connectivity index is 2.05. The zero-order valence-electron chi connectivity index (χ0n) is 11.6. The van der Waals surface area contributed by atoms with Gasteiger partial charge >= 0.3 is 0 Å². The minimum atomic E-state index is -0.347. The smallest absolute Gasteiger partial charge is 0.212 e. The first-order valence-electron chi connectivity index (χ1n) is 6.51. The van der Waals surface area contributed by atoms with Gasteiger partial charge in [-0.15, -0.1) is 0 Å². The predicted octanol–water partition coefficient (Wildman–Crippen LogP) is 2.50. The summed E-state index contributed by atoms with van der Waals surface area (Å²) in [5.41, 5.74) is 4.63. The zero-order chi connectivity index (χ0) is 15.2. The Bertz CT molecular complexity index is 592. The summed E-state index contributed by atoms with van der Waals surface area (Å²) in [5.74, 6) is 5.81. The lowest BCUT2D eigenvalue weighted by Gasteiger charge is -2.17.